The van der Waals surface area contributed by atoms with E-state index in [1.54, 1.807) is 24.3 Å². The van der Waals surface area contributed by atoms with E-state index in [1.165, 1.54) is 25.3 Å². The Bertz CT molecular complexity index is 1350. The number of imide groups is 1. The number of fused-ring (bicyclic) bond motifs is 5. The molecule has 5 rings (SSSR count). The highest BCUT2D eigenvalue weighted by molar-refractivity contribution is 6.67. The molecule has 2 aliphatic carbocycles. The molecule has 2 fully saturated rings. The van der Waals surface area contributed by atoms with Crippen molar-refractivity contribution in [3.05, 3.63) is 63.1 Å². The van der Waals surface area contributed by atoms with Gasteiger partial charge in [-0.25, -0.2) is 4.90 Å². The number of methoxy groups -OCH3 is 1. The molecule has 36 heavy (non-hydrogen) atoms. The van der Waals surface area contributed by atoms with Gasteiger partial charge >= 0.3 is 0 Å². The van der Waals surface area contributed by atoms with Crippen molar-refractivity contribution < 1.29 is 19.1 Å². The molecule has 3 amide bonds. The van der Waals surface area contributed by atoms with Gasteiger partial charge in [-0.3, -0.25) is 14.4 Å². The summed E-state index contributed by atoms with van der Waals surface area (Å²) in [6.07, 6.45) is 0. The van der Waals surface area contributed by atoms with Crippen LogP contribution in [0.2, 0.25) is 5.02 Å². The van der Waals surface area contributed by atoms with Crippen LogP contribution in [0.5, 0.6) is 5.75 Å². The molecule has 1 aliphatic heterocycles. The van der Waals surface area contributed by atoms with Crippen LogP contribution in [-0.4, -0.2) is 38.9 Å². The van der Waals surface area contributed by atoms with Crippen LogP contribution in [0.3, 0.4) is 0 Å². The number of halogens is 7. The average Bonchev–Trinajstić information content (AvgIpc) is 3.22. The summed E-state index contributed by atoms with van der Waals surface area (Å²) in [6.45, 7) is 0. The minimum atomic E-state index is -2.05. The fourth-order valence-corrected chi connectivity index (χ4v) is 8.16. The van der Waals surface area contributed by atoms with Gasteiger partial charge in [0.25, 0.3) is 5.91 Å². The first-order chi connectivity index (χ1) is 16.8. The first kappa shape index (κ1) is 26.2. The second-order valence-corrected chi connectivity index (χ2v) is 12.1. The molecular weight excluding hydrogens is 616 g/mol. The van der Waals surface area contributed by atoms with Gasteiger partial charge in [0.05, 0.1) is 45.9 Å². The smallest absolute Gasteiger partial charge is 0.257 e. The fourth-order valence-electron chi connectivity index (χ4n) is 5.06. The van der Waals surface area contributed by atoms with Gasteiger partial charge in [0.2, 0.25) is 11.8 Å². The van der Waals surface area contributed by atoms with Crippen molar-refractivity contribution in [3.63, 3.8) is 0 Å². The van der Waals surface area contributed by atoms with Gasteiger partial charge in [-0.05, 0) is 30.3 Å². The number of carbonyl (C=O) groups is 3. The molecule has 0 unspecified atom stereocenters. The molecule has 6 nitrogen and oxygen atoms in total. The maximum atomic E-state index is 13.7. The predicted molar refractivity (Wildman–Crippen MR) is 142 cm³/mol. The van der Waals surface area contributed by atoms with E-state index in [2.05, 4.69) is 5.32 Å². The van der Waals surface area contributed by atoms with Crippen LogP contribution in [0.4, 0.5) is 11.4 Å². The molecule has 1 heterocycles. The molecule has 2 aromatic rings. The normalized spacial score (nSPS) is 30.2. The number of para-hydroxylation sites is 1. The molecule has 4 atom stereocenters. The molecule has 0 aromatic heterocycles. The zero-order valence-corrected chi connectivity index (χ0v) is 23.2. The van der Waals surface area contributed by atoms with Crippen LogP contribution < -0.4 is 15.0 Å². The highest BCUT2D eigenvalue weighted by Gasteiger charge is 2.87. The molecular formula is C23H13Cl7N2O4. The largest absolute Gasteiger partial charge is 0.495 e. The van der Waals surface area contributed by atoms with Gasteiger partial charge in [0.1, 0.15) is 15.5 Å². The Morgan fingerprint density at radius 1 is 0.917 bits per heavy atom. The molecule has 0 spiro atoms. The SMILES string of the molecule is COc1ccc(Cl)cc1NC(=O)c1ccccc1N1C(=O)[C@@H]2[C@H](C1=O)[C@@]1(Cl)C(Cl)=C(Cl)[C@@]2(Cl)C1(Cl)Cl. The van der Waals surface area contributed by atoms with Crippen molar-refractivity contribution in [2.45, 2.75) is 14.1 Å². The number of amides is 3. The molecule has 1 saturated heterocycles. The van der Waals surface area contributed by atoms with E-state index < -0.39 is 43.6 Å². The van der Waals surface area contributed by atoms with Crippen LogP contribution in [0.15, 0.2) is 52.5 Å². The van der Waals surface area contributed by atoms with Crippen LogP contribution in [0.1, 0.15) is 10.4 Å². The number of nitrogens with zero attached hydrogens (tertiary/aromatic N) is 1. The van der Waals surface area contributed by atoms with Gasteiger partial charge in [0.15, 0.2) is 4.33 Å². The van der Waals surface area contributed by atoms with E-state index in [0.29, 0.717) is 10.8 Å². The summed E-state index contributed by atoms with van der Waals surface area (Å²) in [5.74, 6) is -4.45. The lowest BCUT2D eigenvalue weighted by Crippen LogP contribution is -2.50. The monoisotopic (exact) mass is 626 g/mol. The summed E-state index contributed by atoms with van der Waals surface area (Å²) in [5.41, 5.74) is 0.298. The molecule has 188 valence electrons. The highest BCUT2D eigenvalue weighted by atomic mass is 35.5. The summed E-state index contributed by atoms with van der Waals surface area (Å²) < 4.78 is 3.22. The third-order valence-electron chi connectivity index (χ3n) is 6.71. The van der Waals surface area contributed by atoms with E-state index in [4.69, 9.17) is 85.9 Å². The fraction of sp³-hybridized carbons (Fsp3) is 0.261. The van der Waals surface area contributed by atoms with Crippen molar-refractivity contribution in [1.29, 1.82) is 0 Å². The third kappa shape index (κ3) is 3.10. The topological polar surface area (TPSA) is 75.7 Å². The predicted octanol–water partition coefficient (Wildman–Crippen LogP) is 6.55. The Morgan fingerprint density at radius 2 is 1.47 bits per heavy atom. The van der Waals surface area contributed by atoms with Crippen LogP contribution in [-0.2, 0) is 9.59 Å². The standard InChI is InChI=1S/C23H13Cl7N2O4/c1-36-13-7-6-9(24)8-11(13)31-18(33)10-4-2-3-5-12(10)32-19(34)14-15(20(32)35)22(28)17(26)16(25)21(14,27)23(22,29)30/h2-8,14-15H,1H3,(H,31,33)/t14-,15+,21-,22-/m1/s1. The van der Waals surface area contributed by atoms with Crippen molar-refractivity contribution in [2.24, 2.45) is 11.8 Å². The Kier molecular flexibility index (Phi) is 6.24. The molecule has 13 heteroatoms. The Labute approximate surface area is 240 Å². The van der Waals surface area contributed by atoms with Crippen molar-refractivity contribution in [3.8, 4) is 5.75 Å². The van der Waals surface area contributed by atoms with Crippen molar-refractivity contribution in [2.75, 3.05) is 17.3 Å². The molecule has 1 N–H and O–H groups in total. The number of allylic oxidation sites excluding steroid dienone is 2. The number of hydrogen-bond donors (Lipinski definition) is 1. The average molecular weight is 630 g/mol. The lowest BCUT2D eigenvalue weighted by molar-refractivity contribution is -0.123. The van der Waals surface area contributed by atoms with Crippen molar-refractivity contribution >= 4 is 110 Å². The zero-order chi connectivity index (χ0) is 26.4. The summed E-state index contributed by atoms with van der Waals surface area (Å²) in [4.78, 5) is 37.7. The van der Waals surface area contributed by atoms with Gasteiger partial charge in [-0.2, -0.15) is 0 Å². The van der Waals surface area contributed by atoms with Gasteiger partial charge in [0, 0.05) is 5.02 Å². The number of alkyl halides is 4. The van der Waals surface area contributed by atoms with E-state index in [9.17, 15) is 14.4 Å². The maximum absolute atomic E-state index is 13.7. The number of carbonyl (C=O) groups excluding carboxylic acids is 3. The number of anilines is 2. The Hall–Kier alpha value is -1.38. The van der Waals surface area contributed by atoms with E-state index >= 15 is 0 Å². The molecule has 0 radical (unpaired) electrons. The summed E-state index contributed by atoms with van der Waals surface area (Å²) in [7, 11) is 1.43. The number of ether oxygens (including phenoxy) is 1. The molecule has 2 bridgehead atoms. The lowest BCUT2D eigenvalue weighted by Gasteiger charge is -2.34. The highest BCUT2D eigenvalue weighted by Crippen LogP contribution is 2.77. The maximum Gasteiger partial charge on any atom is 0.257 e. The summed E-state index contributed by atoms with van der Waals surface area (Å²) in [5, 5.41) is 2.65. The quantitative estimate of drug-likeness (QED) is 0.308. The number of rotatable bonds is 4. The van der Waals surface area contributed by atoms with Gasteiger partial charge in [-0.1, -0.05) is 70.1 Å². The number of hydrogen-bond acceptors (Lipinski definition) is 4. The second kappa shape index (κ2) is 8.57. The first-order valence-electron chi connectivity index (χ1n) is 10.3. The van der Waals surface area contributed by atoms with E-state index in [1.807, 2.05) is 0 Å². The minimum absolute atomic E-state index is 0.00215. The van der Waals surface area contributed by atoms with Crippen LogP contribution >= 0.6 is 81.2 Å². The van der Waals surface area contributed by atoms with Crippen LogP contribution in [0, 0.1) is 11.8 Å². The second-order valence-electron chi connectivity index (χ2n) is 8.41. The third-order valence-corrected chi connectivity index (χ3v) is 11.2. The molecule has 1 saturated carbocycles. The first-order valence-corrected chi connectivity index (χ1v) is 12.9. The number of nitrogens with one attached hydrogen (secondary N) is 1. The van der Waals surface area contributed by atoms with Crippen molar-refractivity contribution in [1.82, 2.24) is 0 Å². The Morgan fingerprint density at radius 3 is 2.03 bits per heavy atom. The molecule has 3 aliphatic rings. The van der Waals surface area contributed by atoms with Gasteiger partial charge in [-0.15, -0.1) is 23.2 Å². The van der Waals surface area contributed by atoms with Crippen LogP contribution in [0.25, 0.3) is 0 Å². The summed E-state index contributed by atoms with van der Waals surface area (Å²) >= 11 is 45.4. The van der Waals surface area contributed by atoms with E-state index in [-0.39, 0.29) is 27.0 Å². The molecule has 2 aromatic carbocycles. The number of benzene rings is 2. The van der Waals surface area contributed by atoms with E-state index in [0.717, 1.165) is 4.90 Å². The Balaban J connectivity index is 1.57. The minimum Gasteiger partial charge on any atom is -0.495 e. The zero-order valence-electron chi connectivity index (χ0n) is 17.9. The van der Waals surface area contributed by atoms with Gasteiger partial charge < -0.3 is 10.1 Å². The lowest BCUT2D eigenvalue weighted by atomic mass is 9.84. The summed E-state index contributed by atoms with van der Waals surface area (Å²) in [6, 6.07) is 10.7.